The summed E-state index contributed by atoms with van der Waals surface area (Å²) in [6, 6.07) is 13.3. The fourth-order valence-electron chi connectivity index (χ4n) is 1.57. The van der Waals surface area contributed by atoms with E-state index in [9.17, 15) is 4.39 Å². The van der Waals surface area contributed by atoms with Crippen molar-refractivity contribution in [2.75, 3.05) is 5.73 Å². The summed E-state index contributed by atoms with van der Waals surface area (Å²) >= 11 is 1.61. The third-order valence-corrected chi connectivity index (χ3v) is 3.52. The fourth-order valence-corrected chi connectivity index (χ4v) is 2.43. The summed E-state index contributed by atoms with van der Waals surface area (Å²) in [5, 5.41) is 0. The molecule has 1 nitrogen and oxygen atoms in total. The Labute approximate surface area is 105 Å². The van der Waals surface area contributed by atoms with Crippen LogP contribution in [0.3, 0.4) is 0 Å². The highest BCUT2D eigenvalue weighted by Gasteiger charge is 2.01. The summed E-state index contributed by atoms with van der Waals surface area (Å²) in [6.07, 6.45) is 0. The number of nitrogens with two attached hydrogens (primary N) is 1. The number of nitrogen functional groups attached to an aromatic ring is 1. The van der Waals surface area contributed by atoms with Crippen LogP contribution in [0.25, 0.3) is 0 Å². The van der Waals surface area contributed by atoms with Gasteiger partial charge < -0.3 is 5.73 Å². The number of thioether (sulfide) groups is 1. The van der Waals surface area contributed by atoms with E-state index in [-0.39, 0.29) is 11.5 Å². The summed E-state index contributed by atoms with van der Waals surface area (Å²) in [6.45, 7) is 2.07. The lowest BCUT2D eigenvalue weighted by molar-refractivity contribution is 0.629. The summed E-state index contributed by atoms with van der Waals surface area (Å²) < 4.78 is 13.2. The number of rotatable bonds is 3. The number of benzene rings is 2. The van der Waals surface area contributed by atoms with Crippen molar-refractivity contribution < 1.29 is 4.39 Å². The van der Waals surface area contributed by atoms with E-state index < -0.39 is 0 Å². The predicted octanol–water partition coefficient (Wildman–Crippen LogP) is 4.01. The average molecular weight is 247 g/mol. The molecule has 0 amide bonds. The van der Waals surface area contributed by atoms with E-state index in [2.05, 4.69) is 25.1 Å². The van der Waals surface area contributed by atoms with E-state index in [1.807, 2.05) is 12.1 Å². The SMILES string of the molecule is Cc1cccc(CSc2ccc(N)c(F)c2)c1. The lowest BCUT2D eigenvalue weighted by atomic mass is 10.2. The number of halogens is 1. The van der Waals surface area contributed by atoms with E-state index in [0.717, 1.165) is 10.6 Å². The predicted molar refractivity (Wildman–Crippen MR) is 71.6 cm³/mol. The van der Waals surface area contributed by atoms with Crippen molar-refractivity contribution in [3.05, 3.63) is 59.4 Å². The quantitative estimate of drug-likeness (QED) is 0.655. The van der Waals surface area contributed by atoms with Crippen LogP contribution in [0.5, 0.6) is 0 Å². The zero-order valence-corrected chi connectivity index (χ0v) is 10.4. The van der Waals surface area contributed by atoms with Crippen molar-refractivity contribution in [3.8, 4) is 0 Å². The maximum Gasteiger partial charge on any atom is 0.147 e. The lowest BCUT2D eigenvalue weighted by Gasteiger charge is -2.04. The molecule has 0 fully saturated rings. The fraction of sp³-hybridized carbons (Fsp3) is 0.143. The monoisotopic (exact) mass is 247 g/mol. The van der Waals surface area contributed by atoms with Crippen molar-refractivity contribution in [1.29, 1.82) is 0 Å². The molecule has 2 N–H and O–H groups in total. The zero-order valence-electron chi connectivity index (χ0n) is 9.61. The first kappa shape index (κ1) is 12.0. The standard InChI is InChI=1S/C14H14FNS/c1-10-3-2-4-11(7-10)9-17-12-5-6-14(16)13(15)8-12/h2-8H,9,16H2,1H3. The van der Waals surface area contributed by atoms with Crippen molar-refractivity contribution in [2.45, 2.75) is 17.6 Å². The molecule has 3 heteroatoms. The van der Waals surface area contributed by atoms with Crippen LogP contribution < -0.4 is 5.73 Å². The van der Waals surface area contributed by atoms with Crippen molar-refractivity contribution in [2.24, 2.45) is 0 Å². The molecule has 0 unspecified atom stereocenters. The van der Waals surface area contributed by atoms with Crippen LogP contribution in [0.2, 0.25) is 0 Å². The molecule has 0 aliphatic rings. The molecule has 88 valence electrons. The van der Waals surface area contributed by atoms with Gasteiger partial charge >= 0.3 is 0 Å². The van der Waals surface area contributed by atoms with Crippen LogP contribution in [0.1, 0.15) is 11.1 Å². The molecule has 0 saturated carbocycles. The zero-order chi connectivity index (χ0) is 12.3. The minimum absolute atomic E-state index is 0.199. The number of aryl methyl sites for hydroxylation is 1. The maximum atomic E-state index is 13.2. The maximum absolute atomic E-state index is 13.2. The second-order valence-electron chi connectivity index (χ2n) is 3.96. The van der Waals surface area contributed by atoms with Crippen LogP contribution in [0.4, 0.5) is 10.1 Å². The molecule has 0 atom stereocenters. The van der Waals surface area contributed by atoms with Crippen molar-refractivity contribution in [1.82, 2.24) is 0 Å². The van der Waals surface area contributed by atoms with Gasteiger partial charge in [0.15, 0.2) is 0 Å². The number of hydrogen-bond acceptors (Lipinski definition) is 2. The third-order valence-electron chi connectivity index (χ3n) is 2.46. The Morgan fingerprint density at radius 1 is 1.18 bits per heavy atom. The van der Waals surface area contributed by atoms with Gasteiger partial charge in [0.05, 0.1) is 5.69 Å². The van der Waals surface area contributed by atoms with Gasteiger partial charge in [-0.05, 0) is 30.7 Å². The molecule has 0 saturated heterocycles. The van der Waals surface area contributed by atoms with E-state index in [0.29, 0.717) is 0 Å². The molecule has 17 heavy (non-hydrogen) atoms. The van der Waals surface area contributed by atoms with Crippen LogP contribution in [0, 0.1) is 12.7 Å². The third kappa shape index (κ3) is 3.24. The summed E-state index contributed by atoms with van der Waals surface area (Å²) in [5.41, 5.74) is 8.12. The van der Waals surface area contributed by atoms with Gasteiger partial charge in [-0.1, -0.05) is 29.8 Å². The van der Waals surface area contributed by atoms with Gasteiger partial charge in [-0.3, -0.25) is 0 Å². The molecule has 2 aromatic rings. The van der Waals surface area contributed by atoms with Crippen LogP contribution >= 0.6 is 11.8 Å². The average Bonchev–Trinajstić information content (AvgIpc) is 2.31. The first-order valence-corrected chi connectivity index (χ1v) is 6.37. The Hall–Kier alpha value is -1.48. The molecule has 0 spiro atoms. The van der Waals surface area contributed by atoms with Gasteiger partial charge in [0, 0.05) is 10.6 Å². The minimum atomic E-state index is -0.348. The molecule has 0 heterocycles. The van der Waals surface area contributed by atoms with Gasteiger partial charge in [-0.2, -0.15) is 0 Å². The normalized spacial score (nSPS) is 10.5. The van der Waals surface area contributed by atoms with Crippen LogP contribution in [0.15, 0.2) is 47.4 Å². The highest BCUT2D eigenvalue weighted by atomic mass is 32.2. The van der Waals surface area contributed by atoms with E-state index in [1.54, 1.807) is 17.8 Å². The molecule has 0 aliphatic carbocycles. The highest BCUT2D eigenvalue weighted by Crippen LogP contribution is 2.25. The minimum Gasteiger partial charge on any atom is -0.396 e. The highest BCUT2D eigenvalue weighted by molar-refractivity contribution is 7.98. The molecule has 0 radical (unpaired) electrons. The van der Waals surface area contributed by atoms with Gasteiger partial charge in [-0.25, -0.2) is 4.39 Å². The number of anilines is 1. The first-order valence-electron chi connectivity index (χ1n) is 5.38. The Morgan fingerprint density at radius 2 is 2.00 bits per heavy atom. The summed E-state index contributed by atoms with van der Waals surface area (Å²) in [5.74, 6) is 0.490. The van der Waals surface area contributed by atoms with Crippen LogP contribution in [-0.4, -0.2) is 0 Å². The van der Waals surface area contributed by atoms with Gasteiger partial charge in [0.1, 0.15) is 5.82 Å². The lowest BCUT2D eigenvalue weighted by Crippen LogP contribution is -1.90. The molecule has 0 bridgehead atoms. The van der Waals surface area contributed by atoms with Gasteiger partial charge in [0.25, 0.3) is 0 Å². The molecular formula is C14H14FNS. The molecule has 0 aliphatic heterocycles. The smallest absolute Gasteiger partial charge is 0.147 e. The second kappa shape index (κ2) is 5.23. The molecule has 2 aromatic carbocycles. The van der Waals surface area contributed by atoms with E-state index in [4.69, 9.17) is 5.73 Å². The second-order valence-corrected chi connectivity index (χ2v) is 5.01. The largest absolute Gasteiger partial charge is 0.396 e. The molecule has 0 aromatic heterocycles. The Morgan fingerprint density at radius 3 is 2.71 bits per heavy atom. The Bertz CT molecular complexity index is 525. The molecular weight excluding hydrogens is 233 g/mol. The van der Waals surface area contributed by atoms with Crippen molar-refractivity contribution in [3.63, 3.8) is 0 Å². The first-order chi connectivity index (χ1) is 8.15. The Kier molecular flexibility index (Phi) is 3.69. The topological polar surface area (TPSA) is 26.0 Å². The van der Waals surface area contributed by atoms with Crippen molar-refractivity contribution >= 4 is 17.4 Å². The Balaban J connectivity index is 2.05. The van der Waals surface area contributed by atoms with Gasteiger partial charge in [-0.15, -0.1) is 11.8 Å². The van der Waals surface area contributed by atoms with Crippen LogP contribution in [-0.2, 0) is 5.75 Å². The number of hydrogen-bond donors (Lipinski definition) is 1. The molecule has 2 rings (SSSR count). The van der Waals surface area contributed by atoms with E-state index >= 15 is 0 Å². The summed E-state index contributed by atoms with van der Waals surface area (Å²) in [7, 11) is 0. The summed E-state index contributed by atoms with van der Waals surface area (Å²) in [4.78, 5) is 0.901. The van der Waals surface area contributed by atoms with Gasteiger partial charge in [0.2, 0.25) is 0 Å². The van der Waals surface area contributed by atoms with E-state index in [1.165, 1.54) is 17.2 Å².